The summed E-state index contributed by atoms with van der Waals surface area (Å²) in [5.74, 6) is -0.215. The number of hydrogen-bond acceptors (Lipinski definition) is 6. The van der Waals surface area contributed by atoms with E-state index in [1.54, 1.807) is 48.7 Å². The second-order valence-corrected chi connectivity index (χ2v) is 10.8. The van der Waals surface area contributed by atoms with Crippen molar-refractivity contribution in [1.82, 2.24) is 25.6 Å². The minimum atomic E-state index is -1.37. The molecule has 14 heteroatoms. The molecule has 38 heavy (non-hydrogen) atoms. The number of nitrogens with two attached hydrogens (primary N) is 2. The molecule has 0 bridgehead atoms. The fraction of sp³-hybridized carbons (Fsp3) is 0.125. The van der Waals surface area contributed by atoms with Crippen LogP contribution in [0.5, 0.6) is 0 Å². The quantitative estimate of drug-likeness (QED) is 0.156. The zero-order valence-corrected chi connectivity index (χ0v) is 24.4. The minimum absolute atomic E-state index is 0.114. The molecule has 0 aromatic carbocycles. The average Bonchev–Trinajstić information content (AvgIpc) is 3.62. The number of aromatic amines is 3. The maximum Gasteiger partial charge on any atom is 0.268 e. The van der Waals surface area contributed by atoms with Crippen molar-refractivity contribution >= 4 is 77.3 Å². The lowest BCUT2D eigenvalue weighted by Crippen LogP contribution is -2.27. The van der Waals surface area contributed by atoms with Gasteiger partial charge in [0, 0.05) is 35.4 Å². The van der Waals surface area contributed by atoms with Crippen LogP contribution in [0.15, 0.2) is 73.0 Å². The Balaban J connectivity index is 1.49. The van der Waals surface area contributed by atoms with E-state index in [9.17, 15) is 14.7 Å². The fourth-order valence-electron chi connectivity index (χ4n) is 3.81. The number of aliphatic hydroxyl groups is 1. The Hall–Kier alpha value is -3.49. The van der Waals surface area contributed by atoms with Crippen LogP contribution in [0.3, 0.4) is 0 Å². The number of aromatic nitrogens is 3. The van der Waals surface area contributed by atoms with E-state index in [4.69, 9.17) is 11.5 Å². The van der Waals surface area contributed by atoms with Crippen LogP contribution >= 0.6 is 47.8 Å². The Morgan fingerprint density at radius 3 is 2.34 bits per heavy atom. The third-order valence-corrected chi connectivity index (χ3v) is 7.75. The average molecular weight is 711 g/mol. The van der Waals surface area contributed by atoms with Crippen LogP contribution in [0, 0.1) is 0 Å². The summed E-state index contributed by atoms with van der Waals surface area (Å²) in [7, 11) is 0. The van der Waals surface area contributed by atoms with E-state index in [-0.39, 0.29) is 36.5 Å². The predicted molar refractivity (Wildman–Crippen MR) is 157 cm³/mol. The number of carbonyl (C=O) groups is 2. The molecular weight excluding hydrogens is 688 g/mol. The third kappa shape index (κ3) is 5.97. The maximum absolute atomic E-state index is 12.4. The van der Waals surface area contributed by atoms with Gasteiger partial charge in [0.2, 0.25) is 0 Å². The van der Waals surface area contributed by atoms with Gasteiger partial charge in [-0.15, -0.1) is 0 Å². The summed E-state index contributed by atoms with van der Waals surface area (Å²) >= 11 is 9.93. The zero-order chi connectivity index (χ0) is 27.4. The number of halogens is 3. The first kappa shape index (κ1) is 27.5. The summed E-state index contributed by atoms with van der Waals surface area (Å²) in [6.45, 7) is 0.396. The molecule has 4 rings (SSSR count). The first-order chi connectivity index (χ1) is 18.1. The Morgan fingerprint density at radius 2 is 1.74 bits per heavy atom. The van der Waals surface area contributed by atoms with E-state index in [1.165, 1.54) is 6.08 Å². The first-order valence-electron chi connectivity index (χ1n) is 11.1. The molecule has 0 saturated carbocycles. The van der Waals surface area contributed by atoms with Crippen LogP contribution in [0.2, 0.25) is 0 Å². The molecule has 198 valence electrons. The summed E-state index contributed by atoms with van der Waals surface area (Å²) in [4.78, 5) is 38.0. The number of nitrogens with one attached hydrogen (secondary N) is 5. The maximum atomic E-state index is 12.4. The minimum Gasteiger partial charge on any atom is -0.509 e. The molecule has 0 fully saturated rings. The lowest BCUT2D eigenvalue weighted by atomic mass is 9.91. The molecule has 1 aliphatic rings. The van der Waals surface area contributed by atoms with Gasteiger partial charge in [-0.05, 0) is 72.1 Å². The van der Waals surface area contributed by atoms with Crippen LogP contribution in [-0.4, -0.2) is 50.8 Å². The van der Waals surface area contributed by atoms with Crippen LogP contribution in [-0.2, 0) is 5.54 Å². The second kappa shape index (κ2) is 11.5. The molecule has 0 saturated heterocycles. The van der Waals surface area contributed by atoms with E-state index in [0.29, 0.717) is 33.1 Å². The Bertz CT molecular complexity index is 1480. The van der Waals surface area contributed by atoms with Gasteiger partial charge in [0.05, 0.1) is 14.8 Å². The smallest absolute Gasteiger partial charge is 0.268 e. The number of aliphatic hydroxyl groups excluding tert-OH is 1. The van der Waals surface area contributed by atoms with Gasteiger partial charge in [-0.1, -0.05) is 18.2 Å². The number of anilines is 1. The number of hydrogen-bond donors (Lipinski definition) is 8. The molecule has 2 amide bonds. The largest absolute Gasteiger partial charge is 0.509 e. The number of H-pyrrole nitrogens is 3. The molecule has 0 radical (unpaired) electrons. The monoisotopic (exact) mass is 708 g/mol. The highest BCUT2D eigenvalue weighted by Crippen LogP contribution is 2.40. The van der Waals surface area contributed by atoms with Gasteiger partial charge in [-0.25, -0.2) is 4.99 Å². The topological polar surface area (TPSA) is 190 Å². The normalized spacial score (nSPS) is 17.2. The molecule has 3 aromatic heterocycles. The van der Waals surface area contributed by atoms with Crippen molar-refractivity contribution in [3.05, 3.63) is 90.7 Å². The van der Waals surface area contributed by atoms with Gasteiger partial charge in [-0.2, -0.15) is 0 Å². The highest BCUT2D eigenvalue weighted by atomic mass is 79.9. The van der Waals surface area contributed by atoms with E-state index in [1.807, 2.05) is 0 Å². The molecule has 4 heterocycles. The summed E-state index contributed by atoms with van der Waals surface area (Å²) in [6, 6.07) is 5.02. The summed E-state index contributed by atoms with van der Waals surface area (Å²) in [5, 5.41) is 16.4. The van der Waals surface area contributed by atoms with Gasteiger partial charge >= 0.3 is 0 Å². The predicted octanol–water partition coefficient (Wildman–Crippen LogP) is 3.98. The van der Waals surface area contributed by atoms with Crippen LogP contribution in [0.25, 0.3) is 6.08 Å². The number of nitrogens with zero attached hydrogens (tertiary/aromatic N) is 1. The molecule has 11 nitrogen and oxygen atoms in total. The number of carbonyl (C=O) groups excluding carboxylic acids is 2. The van der Waals surface area contributed by atoms with Gasteiger partial charge < -0.3 is 42.2 Å². The van der Waals surface area contributed by atoms with Crippen molar-refractivity contribution in [2.75, 3.05) is 18.8 Å². The van der Waals surface area contributed by atoms with Gasteiger partial charge in [0.25, 0.3) is 11.8 Å². The summed E-state index contributed by atoms with van der Waals surface area (Å²) in [5.41, 5.74) is 12.5. The molecule has 3 aromatic rings. The Morgan fingerprint density at radius 1 is 1.03 bits per heavy atom. The van der Waals surface area contributed by atoms with Crippen molar-refractivity contribution in [3.8, 4) is 0 Å². The number of nitrogen functional groups attached to an aromatic ring is 1. The standard InChI is InChI=1S/C24H23Br3N8O3/c25-13-8-15(32-11-13)22(37)30-5-1-3-12-7-18(28)34-20(12)24(17(36)10-19(29)35-24)4-2-6-31-23(38)16-9-14(26)21(27)33-16/h1-4,7-11,32-34,36H,5-6,28H2,(H2,29,35)(H,30,37)(H,31,38)/b3-1+,4-2+. The van der Waals surface area contributed by atoms with E-state index in [2.05, 4.69) is 78.4 Å². The molecule has 0 aliphatic carbocycles. The van der Waals surface area contributed by atoms with Gasteiger partial charge in [0.1, 0.15) is 28.8 Å². The Kier molecular flexibility index (Phi) is 8.33. The van der Waals surface area contributed by atoms with Crippen molar-refractivity contribution in [2.24, 2.45) is 10.7 Å². The number of aliphatic imine (C=N–C) groups is 1. The highest BCUT2D eigenvalue weighted by molar-refractivity contribution is 9.13. The van der Waals surface area contributed by atoms with Crippen LogP contribution in [0.4, 0.5) is 5.82 Å². The highest BCUT2D eigenvalue weighted by Gasteiger charge is 2.40. The van der Waals surface area contributed by atoms with Gasteiger partial charge in [0.15, 0.2) is 5.54 Å². The molecule has 1 aliphatic heterocycles. The van der Waals surface area contributed by atoms with E-state index in [0.717, 1.165) is 8.95 Å². The molecule has 1 unspecified atom stereocenters. The molecule has 1 atom stereocenters. The number of amides is 2. The lowest BCUT2D eigenvalue weighted by Gasteiger charge is -2.23. The molecule has 0 spiro atoms. The third-order valence-electron chi connectivity index (χ3n) is 5.51. The zero-order valence-electron chi connectivity index (χ0n) is 19.6. The number of amidine groups is 1. The Labute approximate surface area is 242 Å². The summed E-state index contributed by atoms with van der Waals surface area (Å²) < 4.78 is 2.16. The SMILES string of the molecule is NC1=NC(/C=C/CNC(=O)c2cc(Br)c(Br)[nH]2)(c2[nH]c(N)cc2/C=C/CNC(=O)c2cc(Br)c[nH]2)C(O)=C1. The second-order valence-electron chi connectivity index (χ2n) is 8.19. The van der Waals surface area contributed by atoms with Crippen LogP contribution < -0.4 is 22.1 Å². The van der Waals surface area contributed by atoms with E-state index >= 15 is 0 Å². The van der Waals surface area contributed by atoms with Crippen molar-refractivity contribution in [3.63, 3.8) is 0 Å². The van der Waals surface area contributed by atoms with Gasteiger partial charge in [-0.3, -0.25) is 9.59 Å². The summed E-state index contributed by atoms with van der Waals surface area (Å²) in [6.07, 6.45) is 9.82. The molecule has 10 N–H and O–H groups in total. The fourth-order valence-corrected chi connectivity index (χ4v) is 4.81. The lowest BCUT2D eigenvalue weighted by molar-refractivity contribution is 0.0945. The van der Waals surface area contributed by atoms with Crippen molar-refractivity contribution in [2.45, 2.75) is 5.54 Å². The van der Waals surface area contributed by atoms with Crippen LogP contribution in [0.1, 0.15) is 32.2 Å². The first-order valence-corrected chi connectivity index (χ1v) is 13.5. The molecular formula is C24H23Br3N8O3. The number of rotatable bonds is 9. The van der Waals surface area contributed by atoms with E-state index < -0.39 is 5.54 Å². The van der Waals surface area contributed by atoms with Crippen molar-refractivity contribution < 1.29 is 14.7 Å². The van der Waals surface area contributed by atoms with Crippen molar-refractivity contribution in [1.29, 1.82) is 0 Å².